The third kappa shape index (κ3) is 4.71. The van der Waals surface area contributed by atoms with Crippen molar-refractivity contribution in [2.45, 2.75) is 38.9 Å². The maximum absolute atomic E-state index is 12.6. The minimum atomic E-state index is -0.135. The van der Waals surface area contributed by atoms with Crippen LogP contribution in [0.4, 0.5) is 0 Å². The van der Waals surface area contributed by atoms with Crippen LogP contribution in [0.25, 0.3) is 10.9 Å². The fourth-order valence-electron chi connectivity index (χ4n) is 3.92. The Kier molecular flexibility index (Phi) is 6.00. The number of para-hydroxylation sites is 1. The van der Waals surface area contributed by atoms with E-state index in [0.717, 1.165) is 25.2 Å². The van der Waals surface area contributed by atoms with Crippen LogP contribution in [0.1, 0.15) is 30.4 Å². The van der Waals surface area contributed by atoms with Gasteiger partial charge in [0.1, 0.15) is 6.54 Å². The van der Waals surface area contributed by atoms with Gasteiger partial charge in [0.15, 0.2) is 0 Å². The molecule has 2 aromatic carbocycles. The van der Waals surface area contributed by atoms with E-state index in [0.29, 0.717) is 17.4 Å². The van der Waals surface area contributed by atoms with Crippen LogP contribution in [-0.4, -0.2) is 33.7 Å². The second-order valence-electron chi connectivity index (χ2n) is 7.57. The topological polar surface area (TPSA) is 67.2 Å². The van der Waals surface area contributed by atoms with E-state index in [-0.39, 0.29) is 17.9 Å². The van der Waals surface area contributed by atoms with Crippen LogP contribution in [0.3, 0.4) is 0 Å². The molecule has 0 saturated carbocycles. The Bertz CT molecular complexity index is 1050. The smallest absolute Gasteiger partial charge is 0.242 e. The van der Waals surface area contributed by atoms with Gasteiger partial charge in [-0.25, -0.2) is 0 Å². The highest BCUT2D eigenvalue weighted by Crippen LogP contribution is 2.16. The van der Waals surface area contributed by atoms with E-state index in [1.807, 2.05) is 24.3 Å². The minimum absolute atomic E-state index is 0.0785. The first-order chi connectivity index (χ1) is 14.2. The third-order valence-electron chi connectivity index (χ3n) is 5.49. The van der Waals surface area contributed by atoms with Gasteiger partial charge in [-0.15, -0.1) is 0 Å². The summed E-state index contributed by atoms with van der Waals surface area (Å²) >= 11 is 0. The zero-order chi connectivity index (χ0) is 20.1. The highest BCUT2D eigenvalue weighted by Gasteiger charge is 2.13. The predicted octanol–water partition coefficient (Wildman–Crippen LogP) is 2.70. The number of aromatic nitrogens is 2. The molecule has 1 N–H and O–H groups in total. The van der Waals surface area contributed by atoms with E-state index in [4.69, 9.17) is 0 Å². The molecule has 4 rings (SSSR count). The normalized spacial score (nSPS) is 14.8. The number of hydrogen-bond donors (Lipinski definition) is 1. The van der Waals surface area contributed by atoms with Gasteiger partial charge in [0.05, 0.1) is 11.7 Å². The number of nitrogens with one attached hydrogen (secondary N) is 1. The number of fused-ring (bicyclic) bond motifs is 1. The monoisotopic (exact) mass is 390 g/mol. The van der Waals surface area contributed by atoms with Crippen molar-refractivity contribution in [1.82, 2.24) is 20.0 Å². The van der Waals surface area contributed by atoms with Gasteiger partial charge in [0, 0.05) is 18.5 Å². The fraction of sp³-hybridized carbons (Fsp3) is 0.348. The lowest BCUT2D eigenvalue weighted by Crippen LogP contribution is -2.31. The zero-order valence-electron chi connectivity index (χ0n) is 16.5. The summed E-state index contributed by atoms with van der Waals surface area (Å²) in [7, 11) is 0. The lowest BCUT2D eigenvalue weighted by Gasteiger charge is -2.27. The Morgan fingerprint density at radius 1 is 0.966 bits per heavy atom. The number of likely N-dealkylation sites (tertiary alicyclic amines) is 1. The first-order valence-corrected chi connectivity index (χ1v) is 10.2. The number of piperidine rings is 1. The summed E-state index contributed by atoms with van der Waals surface area (Å²) in [5, 5.41) is 7.71. The molecule has 0 bridgehead atoms. The predicted molar refractivity (Wildman–Crippen MR) is 113 cm³/mol. The van der Waals surface area contributed by atoms with E-state index in [1.165, 1.54) is 31.0 Å². The van der Waals surface area contributed by atoms with Gasteiger partial charge in [-0.2, -0.15) is 5.10 Å². The van der Waals surface area contributed by atoms with Gasteiger partial charge in [0.25, 0.3) is 0 Å². The summed E-state index contributed by atoms with van der Waals surface area (Å²) in [6.45, 7) is 3.78. The average Bonchev–Trinajstić information content (AvgIpc) is 2.76. The van der Waals surface area contributed by atoms with Crippen molar-refractivity contribution in [2.24, 2.45) is 0 Å². The van der Waals surface area contributed by atoms with E-state index in [2.05, 4.69) is 33.5 Å². The Morgan fingerprint density at radius 3 is 2.52 bits per heavy atom. The van der Waals surface area contributed by atoms with Crippen LogP contribution in [0.5, 0.6) is 0 Å². The van der Waals surface area contributed by atoms with Crippen LogP contribution in [0, 0.1) is 0 Å². The first kappa shape index (κ1) is 19.3. The summed E-state index contributed by atoms with van der Waals surface area (Å²) in [6, 6.07) is 15.5. The van der Waals surface area contributed by atoms with Crippen molar-refractivity contribution in [1.29, 1.82) is 0 Å². The molecule has 29 heavy (non-hydrogen) atoms. The van der Waals surface area contributed by atoms with Crippen molar-refractivity contribution in [3.8, 4) is 0 Å². The molecule has 6 nitrogen and oxygen atoms in total. The quantitative estimate of drug-likeness (QED) is 0.703. The van der Waals surface area contributed by atoms with Crippen LogP contribution >= 0.6 is 0 Å². The summed E-state index contributed by atoms with van der Waals surface area (Å²) in [5.41, 5.74) is 2.94. The van der Waals surface area contributed by atoms with Crippen molar-refractivity contribution < 1.29 is 4.79 Å². The van der Waals surface area contributed by atoms with Crippen molar-refractivity contribution in [2.75, 3.05) is 13.1 Å². The molecule has 150 valence electrons. The van der Waals surface area contributed by atoms with Crippen LogP contribution in [-0.2, 0) is 24.4 Å². The second-order valence-corrected chi connectivity index (χ2v) is 7.57. The average molecular weight is 390 g/mol. The molecule has 1 aliphatic heterocycles. The highest BCUT2D eigenvalue weighted by molar-refractivity contribution is 5.81. The summed E-state index contributed by atoms with van der Waals surface area (Å²) in [4.78, 5) is 27.0. The Balaban J connectivity index is 1.42. The van der Waals surface area contributed by atoms with E-state index in [1.54, 1.807) is 10.7 Å². The maximum atomic E-state index is 12.6. The first-order valence-electron chi connectivity index (χ1n) is 10.2. The molecule has 0 radical (unpaired) electrons. The van der Waals surface area contributed by atoms with Crippen molar-refractivity contribution in [3.05, 3.63) is 76.1 Å². The molecule has 1 amide bonds. The number of amides is 1. The van der Waals surface area contributed by atoms with Crippen molar-refractivity contribution >= 4 is 16.8 Å². The number of hydrogen-bond acceptors (Lipinski definition) is 4. The Morgan fingerprint density at radius 2 is 1.69 bits per heavy atom. The standard InChI is InChI=1S/C23H26N4O2/c28-22-15-25-27(21-11-5-4-10-20(21)22)17-23(29)24-14-18-8-2-3-9-19(18)16-26-12-6-1-7-13-26/h2-5,8-11,15H,1,6-7,12-14,16-17H2,(H,24,29). The molecule has 1 fully saturated rings. The maximum Gasteiger partial charge on any atom is 0.242 e. The van der Waals surface area contributed by atoms with Gasteiger partial charge >= 0.3 is 0 Å². The highest BCUT2D eigenvalue weighted by atomic mass is 16.2. The molecule has 0 unspecified atom stereocenters. The third-order valence-corrected chi connectivity index (χ3v) is 5.49. The number of carbonyl (C=O) groups excluding carboxylic acids is 1. The molecule has 1 aliphatic rings. The number of benzene rings is 2. The molecule has 1 saturated heterocycles. The van der Waals surface area contributed by atoms with Gasteiger partial charge in [-0.05, 0) is 49.2 Å². The molecule has 2 heterocycles. The molecular weight excluding hydrogens is 364 g/mol. The Hall–Kier alpha value is -2.99. The lowest BCUT2D eigenvalue weighted by atomic mass is 10.0. The largest absolute Gasteiger partial charge is 0.350 e. The molecular formula is C23H26N4O2. The number of rotatable bonds is 6. The summed E-state index contributed by atoms with van der Waals surface area (Å²) in [5.74, 6) is -0.126. The van der Waals surface area contributed by atoms with Crippen LogP contribution in [0.2, 0.25) is 0 Å². The molecule has 0 atom stereocenters. The van der Waals surface area contributed by atoms with E-state index in [9.17, 15) is 9.59 Å². The van der Waals surface area contributed by atoms with Gasteiger partial charge in [-0.3, -0.25) is 19.2 Å². The molecule has 6 heteroatoms. The SMILES string of the molecule is O=C(Cn1ncc(=O)c2ccccc21)NCc1ccccc1CN1CCCCC1. The van der Waals surface area contributed by atoms with Gasteiger partial charge in [-0.1, -0.05) is 42.8 Å². The van der Waals surface area contributed by atoms with Crippen molar-refractivity contribution in [3.63, 3.8) is 0 Å². The minimum Gasteiger partial charge on any atom is -0.350 e. The fourth-order valence-corrected chi connectivity index (χ4v) is 3.92. The van der Waals surface area contributed by atoms with Gasteiger partial charge in [0.2, 0.25) is 11.3 Å². The number of nitrogens with zero attached hydrogens (tertiary/aromatic N) is 3. The van der Waals surface area contributed by atoms with E-state index < -0.39 is 0 Å². The summed E-state index contributed by atoms with van der Waals surface area (Å²) in [6.07, 6.45) is 5.11. The van der Waals surface area contributed by atoms with Gasteiger partial charge < -0.3 is 5.32 Å². The molecule has 1 aromatic heterocycles. The van der Waals surface area contributed by atoms with Crippen LogP contribution in [0.15, 0.2) is 59.5 Å². The lowest BCUT2D eigenvalue weighted by molar-refractivity contribution is -0.121. The number of carbonyl (C=O) groups is 1. The van der Waals surface area contributed by atoms with Crippen LogP contribution < -0.4 is 10.7 Å². The summed E-state index contributed by atoms with van der Waals surface area (Å²) < 4.78 is 1.58. The second kappa shape index (κ2) is 9.01. The zero-order valence-corrected chi connectivity index (χ0v) is 16.5. The molecule has 0 aliphatic carbocycles. The molecule has 0 spiro atoms. The van der Waals surface area contributed by atoms with E-state index >= 15 is 0 Å². The molecule has 3 aromatic rings. The Labute approximate surface area is 170 Å².